The minimum absolute atomic E-state index is 0.476. The predicted molar refractivity (Wildman–Crippen MR) is 55.1 cm³/mol. The van der Waals surface area contributed by atoms with Crippen LogP contribution >= 0.6 is 0 Å². The molecule has 0 heterocycles. The van der Waals surface area contributed by atoms with E-state index in [9.17, 15) is 22.4 Å². The van der Waals surface area contributed by atoms with Gasteiger partial charge < -0.3 is 16.2 Å². The Morgan fingerprint density at radius 3 is 2.56 bits per heavy atom. The van der Waals surface area contributed by atoms with E-state index in [1.54, 1.807) is 5.32 Å². The van der Waals surface area contributed by atoms with Gasteiger partial charge in [-0.05, 0) is 12.1 Å². The molecular formula is C10H10F4N2O2. The van der Waals surface area contributed by atoms with Gasteiger partial charge in [0.05, 0.1) is 12.2 Å². The quantitative estimate of drug-likeness (QED) is 0.560. The van der Waals surface area contributed by atoms with Gasteiger partial charge in [0.15, 0.2) is 5.82 Å². The number of rotatable bonds is 4. The first-order chi connectivity index (χ1) is 8.28. The van der Waals surface area contributed by atoms with Crippen LogP contribution in [-0.2, 0) is 0 Å². The van der Waals surface area contributed by atoms with Crippen molar-refractivity contribution in [2.45, 2.75) is 5.92 Å². The number of benzene rings is 1. The molecule has 0 bridgehead atoms. The fraction of sp³-hybridized carbons (Fsp3) is 0.300. The molecule has 0 atom stereocenters. The molecule has 1 aromatic carbocycles. The fourth-order valence-corrected chi connectivity index (χ4v) is 1.13. The van der Waals surface area contributed by atoms with Gasteiger partial charge in [-0.25, -0.2) is 17.6 Å². The van der Waals surface area contributed by atoms with Crippen LogP contribution in [0.15, 0.2) is 12.1 Å². The fourth-order valence-electron chi connectivity index (χ4n) is 1.13. The normalized spacial score (nSPS) is 11.4. The van der Waals surface area contributed by atoms with Crippen molar-refractivity contribution in [3.63, 3.8) is 0 Å². The molecule has 0 unspecified atom stereocenters. The lowest BCUT2D eigenvalue weighted by Crippen LogP contribution is -2.39. The molecule has 0 aliphatic rings. The zero-order valence-electron chi connectivity index (χ0n) is 9.01. The summed E-state index contributed by atoms with van der Waals surface area (Å²) in [4.78, 5) is 11.3. The lowest BCUT2D eigenvalue weighted by Gasteiger charge is -2.14. The maximum Gasteiger partial charge on any atom is 0.287 e. The molecular weight excluding hydrogens is 256 g/mol. The zero-order valence-corrected chi connectivity index (χ0v) is 9.01. The van der Waals surface area contributed by atoms with Crippen LogP contribution in [0.4, 0.5) is 23.2 Å². The largest absolute Gasteiger partial charge is 0.396 e. The third-order valence-corrected chi connectivity index (χ3v) is 2.09. The molecule has 0 aliphatic carbocycles. The minimum Gasteiger partial charge on any atom is -0.396 e. The summed E-state index contributed by atoms with van der Waals surface area (Å²) in [5, 5.41) is 9.88. The van der Waals surface area contributed by atoms with Crippen LogP contribution in [-0.4, -0.2) is 30.1 Å². The van der Waals surface area contributed by atoms with E-state index in [0.29, 0.717) is 0 Å². The van der Waals surface area contributed by atoms with E-state index in [0.717, 1.165) is 12.1 Å². The van der Waals surface area contributed by atoms with Crippen molar-refractivity contribution in [3.8, 4) is 0 Å². The van der Waals surface area contributed by atoms with Gasteiger partial charge in [0.2, 0.25) is 0 Å². The van der Waals surface area contributed by atoms with Crippen LogP contribution in [0.2, 0.25) is 0 Å². The molecule has 0 saturated heterocycles. The van der Waals surface area contributed by atoms with Crippen molar-refractivity contribution in [2.24, 2.45) is 0 Å². The molecule has 100 valence electrons. The van der Waals surface area contributed by atoms with Gasteiger partial charge in [0.1, 0.15) is 18.0 Å². The molecule has 1 rings (SSSR count). The van der Waals surface area contributed by atoms with Gasteiger partial charge in [-0.1, -0.05) is 0 Å². The summed E-state index contributed by atoms with van der Waals surface area (Å²) in [7, 11) is 0. The lowest BCUT2D eigenvalue weighted by atomic mass is 10.1. The molecule has 4 nitrogen and oxygen atoms in total. The second kappa shape index (κ2) is 5.21. The second-order valence-corrected chi connectivity index (χ2v) is 3.52. The number of anilines is 1. The number of nitrogen functional groups attached to an aromatic ring is 1. The van der Waals surface area contributed by atoms with Crippen LogP contribution < -0.4 is 11.1 Å². The maximum absolute atomic E-state index is 13.4. The summed E-state index contributed by atoms with van der Waals surface area (Å²) < 4.78 is 51.8. The Labute approximate surface area is 99.4 Å². The van der Waals surface area contributed by atoms with Crippen LogP contribution in [0.5, 0.6) is 0 Å². The number of hydrogen-bond acceptors (Lipinski definition) is 3. The van der Waals surface area contributed by atoms with Crippen molar-refractivity contribution in [1.82, 2.24) is 5.32 Å². The number of carbonyl (C=O) groups excluding carboxylic acids is 1. The summed E-state index contributed by atoms with van der Waals surface area (Å²) >= 11 is 0. The van der Waals surface area contributed by atoms with Crippen LogP contribution in [0, 0.1) is 11.6 Å². The van der Waals surface area contributed by atoms with E-state index in [1.165, 1.54) is 0 Å². The highest BCUT2D eigenvalue weighted by atomic mass is 19.3. The molecule has 0 aliphatic heterocycles. The Bertz CT molecular complexity index is 465. The molecule has 0 spiro atoms. The number of nitrogens with one attached hydrogen (secondary N) is 1. The average molecular weight is 266 g/mol. The Morgan fingerprint density at radius 2 is 2.00 bits per heavy atom. The van der Waals surface area contributed by atoms with Gasteiger partial charge in [-0.3, -0.25) is 4.79 Å². The predicted octanol–water partition coefficient (Wildman–Crippen LogP) is 0.904. The highest BCUT2D eigenvalue weighted by Crippen LogP contribution is 2.19. The maximum atomic E-state index is 13.4. The Kier molecular flexibility index (Phi) is 4.12. The van der Waals surface area contributed by atoms with Crippen LogP contribution in [0.1, 0.15) is 10.4 Å². The lowest BCUT2D eigenvalue weighted by molar-refractivity contribution is -0.0462. The number of hydrogen-bond donors (Lipinski definition) is 3. The van der Waals surface area contributed by atoms with E-state index >= 15 is 0 Å². The van der Waals surface area contributed by atoms with Gasteiger partial charge in [-0.15, -0.1) is 0 Å². The molecule has 0 fully saturated rings. The molecule has 0 radical (unpaired) electrons. The van der Waals surface area contributed by atoms with E-state index in [-0.39, 0.29) is 0 Å². The van der Waals surface area contributed by atoms with Crippen molar-refractivity contribution in [2.75, 3.05) is 18.9 Å². The highest BCUT2D eigenvalue weighted by molar-refractivity contribution is 5.95. The Hall–Kier alpha value is -1.83. The molecule has 1 aromatic rings. The second-order valence-electron chi connectivity index (χ2n) is 3.52. The number of amides is 1. The minimum atomic E-state index is -3.57. The SMILES string of the molecule is Nc1ccc(F)c(C(=O)NCC(F)(F)CO)c1F. The van der Waals surface area contributed by atoms with E-state index in [1.807, 2.05) is 0 Å². The Morgan fingerprint density at radius 1 is 1.39 bits per heavy atom. The monoisotopic (exact) mass is 266 g/mol. The van der Waals surface area contributed by atoms with E-state index in [2.05, 4.69) is 0 Å². The van der Waals surface area contributed by atoms with Crippen molar-refractivity contribution in [3.05, 3.63) is 29.3 Å². The topological polar surface area (TPSA) is 75.4 Å². The molecule has 1 amide bonds. The number of aliphatic hydroxyl groups is 1. The van der Waals surface area contributed by atoms with Gasteiger partial charge in [0, 0.05) is 0 Å². The Balaban J connectivity index is 2.89. The van der Waals surface area contributed by atoms with Crippen molar-refractivity contribution < 1.29 is 27.5 Å². The zero-order chi connectivity index (χ0) is 13.9. The number of nitrogens with two attached hydrogens (primary N) is 1. The van der Waals surface area contributed by atoms with Crippen LogP contribution in [0.3, 0.4) is 0 Å². The van der Waals surface area contributed by atoms with Crippen LogP contribution in [0.25, 0.3) is 0 Å². The summed E-state index contributed by atoms with van der Waals surface area (Å²) in [5.74, 6) is -7.47. The van der Waals surface area contributed by atoms with Gasteiger partial charge in [-0.2, -0.15) is 0 Å². The molecule has 8 heteroatoms. The van der Waals surface area contributed by atoms with E-state index < -0.39 is 47.9 Å². The molecule has 4 N–H and O–H groups in total. The number of aliphatic hydroxyl groups excluding tert-OH is 1. The smallest absolute Gasteiger partial charge is 0.287 e. The standard InChI is InChI=1S/C10H10F4N2O2/c11-5-1-2-6(15)8(12)7(5)9(18)16-3-10(13,14)4-17/h1-2,17H,3-4,15H2,(H,16,18). The molecule has 0 aromatic heterocycles. The van der Waals surface area contributed by atoms with Gasteiger partial charge in [0.25, 0.3) is 11.8 Å². The third kappa shape index (κ3) is 3.10. The first-order valence-corrected chi connectivity index (χ1v) is 4.79. The summed E-state index contributed by atoms with van der Waals surface area (Å²) in [6, 6.07) is 1.65. The molecule has 18 heavy (non-hydrogen) atoms. The average Bonchev–Trinajstić information content (AvgIpc) is 2.32. The van der Waals surface area contributed by atoms with Crippen molar-refractivity contribution in [1.29, 1.82) is 0 Å². The first-order valence-electron chi connectivity index (χ1n) is 4.79. The first kappa shape index (κ1) is 14.2. The van der Waals surface area contributed by atoms with Crippen molar-refractivity contribution >= 4 is 11.6 Å². The summed E-state index contributed by atoms with van der Waals surface area (Å²) in [5.41, 5.74) is 3.61. The van der Waals surface area contributed by atoms with Gasteiger partial charge >= 0.3 is 0 Å². The number of carbonyl (C=O) groups is 1. The third-order valence-electron chi connectivity index (χ3n) is 2.09. The number of alkyl halides is 2. The number of halogens is 4. The highest BCUT2D eigenvalue weighted by Gasteiger charge is 2.29. The molecule has 0 saturated carbocycles. The summed E-state index contributed by atoms with van der Waals surface area (Å²) in [6.07, 6.45) is 0. The summed E-state index contributed by atoms with van der Waals surface area (Å²) in [6.45, 7) is -2.73. The van der Waals surface area contributed by atoms with E-state index in [4.69, 9.17) is 10.8 Å².